The van der Waals surface area contributed by atoms with E-state index in [0.29, 0.717) is 5.56 Å². The van der Waals surface area contributed by atoms with E-state index in [1.54, 1.807) is 0 Å². The highest BCUT2D eigenvalue weighted by Crippen LogP contribution is 2.23. The van der Waals surface area contributed by atoms with Crippen molar-refractivity contribution >= 4 is 17.5 Å². The Hall–Kier alpha value is -2.69. The number of para-hydroxylation sites is 1. The Kier molecular flexibility index (Phi) is 5.46. The Morgan fingerprint density at radius 1 is 1.04 bits per heavy atom. The Bertz CT molecular complexity index is 696. The second kappa shape index (κ2) is 7.54. The number of anilines is 1. The van der Waals surface area contributed by atoms with Crippen molar-refractivity contribution in [1.29, 1.82) is 0 Å². The number of hydrogen-bond donors (Lipinski definition) is 2. The van der Waals surface area contributed by atoms with Crippen LogP contribution in [-0.2, 0) is 4.79 Å². The third-order valence-corrected chi connectivity index (χ3v) is 3.37. The molecule has 2 aromatic rings. The molecule has 0 spiro atoms. The van der Waals surface area contributed by atoms with Gasteiger partial charge in [-0.25, -0.2) is 4.39 Å². The summed E-state index contributed by atoms with van der Waals surface area (Å²) in [5.74, 6) is -0.865. The summed E-state index contributed by atoms with van der Waals surface area (Å²) >= 11 is 0. The molecule has 0 saturated carbocycles. The Balaban J connectivity index is 1.93. The zero-order chi connectivity index (χ0) is 16.8. The molecular weight excluding hydrogens is 295 g/mol. The SMILES string of the molecule is CC(C)c1ccccc1NC(=O)CNC(=O)c1ccc(F)cc1. The second-order valence-corrected chi connectivity index (χ2v) is 5.48. The molecule has 2 N–H and O–H groups in total. The zero-order valence-electron chi connectivity index (χ0n) is 13.1. The second-order valence-electron chi connectivity index (χ2n) is 5.48. The Morgan fingerprint density at radius 3 is 2.35 bits per heavy atom. The van der Waals surface area contributed by atoms with E-state index in [4.69, 9.17) is 0 Å². The largest absolute Gasteiger partial charge is 0.343 e. The molecule has 0 fully saturated rings. The van der Waals surface area contributed by atoms with Crippen LogP contribution < -0.4 is 10.6 Å². The fourth-order valence-electron chi connectivity index (χ4n) is 2.17. The zero-order valence-corrected chi connectivity index (χ0v) is 13.1. The number of amides is 2. The molecule has 0 bridgehead atoms. The van der Waals surface area contributed by atoms with Gasteiger partial charge in [-0.2, -0.15) is 0 Å². The summed E-state index contributed by atoms with van der Waals surface area (Å²) in [6.45, 7) is 3.94. The van der Waals surface area contributed by atoms with Gasteiger partial charge < -0.3 is 10.6 Å². The number of rotatable bonds is 5. The monoisotopic (exact) mass is 314 g/mol. The van der Waals surface area contributed by atoms with E-state index in [9.17, 15) is 14.0 Å². The molecule has 0 saturated heterocycles. The lowest BCUT2D eigenvalue weighted by atomic mass is 10.0. The molecule has 23 heavy (non-hydrogen) atoms. The first-order valence-corrected chi connectivity index (χ1v) is 7.40. The van der Waals surface area contributed by atoms with Gasteiger partial charge in [0.15, 0.2) is 0 Å². The molecule has 0 atom stereocenters. The van der Waals surface area contributed by atoms with Crippen molar-refractivity contribution in [3.05, 3.63) is 65.5 Å². The van der Waals surface area contributed by atoms with E-state index in [0.717, 1.165) is 11.3 Å². The van der Waals surface area contributed by atoms with Crippen LogP contribution >= 0.6 is 0 Å². The third kappa shape index (κ3) is 4.64. The molecule has 0 unspecified atom stereocenters. The maximum absolute atomic E-state index is 12.8. The molecule has 120 valence electrons. The highest BCUT2D eigenvalue weighted by Gasteiger charge is 2.11. The average Bonchev–Trinajstić information content (AvgIpc) is 2.53. The predicted octanol–water partition coefficient (Wildman–Crippen LogP) is 3.32. The van der Waals surface area contributed by atoms with Gasteiger partial charge in [-0.3, -0.25) is 9.59 Å². The Morgan fingerprint density at radius 2 is 1.70 bits per heavy atom. The van der Waals surface area contributed by atoms with Crippen LogP contribution in [0.25, 0.3) is 0 Å². The van der Waals surface area contributed by atoms with Crippen molar-refractivity contribution in [2.24, 2.45) is 0 Å². The van der Waals surface area contributed by atoms with Crippen LogP contribution in [0.3, 0.4) is 0 Å². The standard InChI is InChI=1S/C18H19FN2O2/c1-12(2)15-5-3-4-6-16(15)21-17(22)11-20-18(23)13-7-9-14(19)10-8-13/h3-10,12H,11H2,1-2H3,(H,20,23)(H,21,22). The van der Waals surface area contributed by atoms with Crippen molar-refractivity contribution in [3.8, 4) is 0 Å². The molecule has 4 nitrogen and oxygen atoms in total. The fraction of sp³-hybridized carbons (Fsp3) is 0.222. The minimum Gasteiger partial charge on any atom is -0.343 e. The van der Waals surface area contributed by atoms with Crippen LogP contribution in [-0.4, -0.2) is 18.4 Å². The fourth-order valence-corrected chi connectivity index (χ4v) is 2.17. The maximum atomic E-state index is 12.8. The molecule has 0 aliphatic carbocycles. The Labute approximate surface area is 134 Å². The van der Waals surface area contributed by atoms with E-state index >= 15 is 0 Å². The summed E-state index contributed by atoms with van der Waals surface area (Å²) in [7, 11) is 0. The highest BCUT2D eigenvalue weighted by atomic mass is 19.1. The van der Waals surface area contributed by atoms with E-state index in [2.05, 4.69) is 10.6 Å². The van der Waals surface area contributed by atoms with Gasteiger partial charge in [0, 0.05) is 11.3 Å². The van der Waals surface area contributed by atoms with Gasteiger partial charge in [0.05, 0.1) is 6.54 Å². The van der Waals surface area contributed by atoms with Crippen molar-refractivity contribution in [2.75, 3.05) is 11.9 Å². The van der Waals surface area contributed by atoms with Crippen LogP contribution in [0.4, 0.5) is 10.1 Å². The molecule has 2 aromatic carbocycles. The number of carbonyl (C=O) groups is 2. The summed E-state index contributed by atoms with van der Waals surface area (Å²) in [6, 6.07) is 12.7. The van der Waals surface area contributed by atoms with E-state index in [1.165, 1.54) is 24.3 Å². The van der Waals surface area contributed by atoms with Gasteiger partial charge in [0.25, 0.3) is 5.91 Å². The molecule has 0 heterocycles. The number of benzene rings is 2. The summed E-state index contributed by atoms with van der Waals surface area (Å²) in [5.41, 5.74) is 2.08. The predicted molar refractivity (Wildman–Crippen MR) is 87.9 cm³/mol. The van der Waals surface area contributed by atoms with Crippen molar-refractivity contribution < 1.29 is 14.0 Å². The quantitative estimate of drug-likeness (QED) is 0.889. The van der Waals surface area contributed by atoms with Crippen LogP contribution in [0.15, 0.2) is 48.5 Å². The van der Waals surface area contributed by atoms with Crippen LogP contribution in [0.5, 0.6) is 0 Å². The number of carbonyl (C=O) groups excluding carboxylic acids is 2. The van der Waals surface area contributed by atoms with Crippen LogP contribution in [0.1, 0.15) is 35.7 Å². The van der Waals surface area contributed by atoms with Crippen LogP contribution in [0.2, 0.25) is 0 Å². The van der Waals surface area contributed by atoms with Gasteiger partial charge in [0.2, 0.25) is 5.91 Å². The number of hydrogen-bond acceptors (Lipinski definition) is 2. The van der Waals surface area contributed by atoms with E-state index in [1.807, 2.05) is 38.1 Å². The molecule has 5 heteroatoms. The normalized spacial score (nSPS) is 10.4. The first-order chi connectivity index (χ1) is 11.0. The van der Waals surface area contributed by atoms with Gasteiger partial charge in [-0.1, -0.05) is 32.0 Å². The first-order valence-electron chi connectivity index (χ1n) is 7.40. The molecule has 0 radical (unpaired) electrons. The minimum atomic E-state index is -0.419. The lowest BCUT2D eigenvalue weighted by molar-refractivity contribution is -0.115. The lowest BCUT2D eigenvalue weighted by Gasteiger charge is -2.13. The summed E-state index contributed by atoms with van der Waals surface area (Å²) in [5, 5.41) is 5.31. The molecule has 0 aromatic heterocycles. The van der Waals surface area contributed by atoms with Gasteiger partial charge in [0.1, 0.15) is 5.82 Å². The maximum Gasteiger partial charge on any atom is 0.251 e. The summed E-state index contributed by atoms with van der Waals surface area (Å²) in [6.07, 6.45) is 0. The smallest absolute Gasteiger partial charge is 0.251 e. The molecular formula is C18H19FN2O2. The van der Waals surface area contributed by atoms with Gasteiger partial charge >= 0.3 is 0 Å². The average molecular weight is 314 g/mol. The summed E-state index contributed by atoms with van der Waals surface area (Å²) < 4.78 is 12.8. The molecule has 2 rings (SSSR count). The van der Waals surface area contributed by atoms with Gasteiger partial charge in [-0.15, -0.1) is 0 Å². The number of nitrogens with one attached hydrogen (secondary N) is 2. The molecule has 0 aliphatic rings. The minimum absolute atomic E-state index is 0.150. The van der Waals surface area contributed by atoms with Crippen LogP contribution in [0, 0.1) is 5.82 Å². The highest BCUT2D eigenvalue weighted by molar-refractivity contribution is 5.99. The topological polar surface area (TPSA) is 58.2 Å². The lowest BCUT2D eigenvalue weighted by Crippen LogP contribution is -2.33. The van der Waals surface area contributed by atoms with E-state index < -0.39 is 11.7 Å². The van der Waals surface area contributed by atoms with Crippen molar-refractivity contribution in [2.45, 2.75) is 19.8 Å². The molecule has 0 aliphatic heterocycles. The van der Waals surface area contributed by atoms with Crippen molar-refractivity contribution in [1.82, 2.24) is 5.32 Å². The number of halogens is 1. The van der Waals surface area contributed by atoms with Crippen molar-refractivity contribution in [3.63, 3.8) is 0 Å². The van der Waals surface area contributed by atoms with E-state index in [-0.39, 0.29) is 18.4 Å². The third-order valence-electron chi connectivity index (χ3n) is 3.37. The first kappa shape index (κ1) is 16.7. The summed E-state index contributed by atoms with van der Waals surface area (Å²) in [4.78, 5) is 23.9. The molecule has 2 amide bonds. The van der Waals surface area contributed by atoms with Gasteiger partial charge in [-0.05, 0) is 41.8 Å².